The summed E-state index contributed by atoms with van der Waals surface area (Å²) in [6, 6.07) is 7.45. The van der Waals surface area contributed by atoms with E-state index >= 15 is 0 Å². The summed E-state index contributed by atoms with van der Waals surface area (Å²) in [7, 11) is 1.48. The van der Waals surface area contributed by atoms with E-state index in [1.54, 1.807) is 0 Å². The number of oxime groups is 1. The fraction of sp³-hybridized carbons (Fsp3) is 0.200. The summed E-state index contributed by atoms with van der Waals surface area (Å²) >= 11 is 0. The van der Waals surface area contributed by atoms with Crippen molar-refractivity contribution in [2.45, 2.75) is 6.42 Å². The molecule has 0 atom stereocenters. The smallest absolute Gasteiger partial charge is 0.169 e. The summed E-state index contributed by atoms with van der Waals surface area (Å²) in [5.74, 6) is 0.117. The standard InChI is InChI=1S/C10H9NO2/c1-13-11-9-6-10(12)8-5-3-2-4-7(8)9/h2-5H,6H2,1H3/b11-9-. The van der Waals surface area contributed by atoms with Gasteiger partial charge < -0.3 is 4.84 Å². The highest BCUT2D eigenvalue weighted by molar-refractivity contribution is 6.26. The van der Waals surface area contributed by atoms with Gasteiger partial charge in [0.05, 0.1) is 12.1 Å². The third kappa shape index (κ3) is 1.22. The van der Waals surface area contributed by atoms with Crippen LogP contribution in [0.4, 0.5) is 0 Å². The van der Waals surface area contributed by atoms with Gasteiger partial charge in [-0.2, -0.15) is 0 Å². The molecule has 66 valence electrons. The molecule has 3 nitrogen and oxygen atoms in total. The van der Waals surface area contributed by atoms with Crippen molar-refractivity contribution >= 4 is 11.5 Å². The van der Waals surface area contributed by atoms with Crippen LogP contribution in [0.25, 0.3) is 0 Å². The molecule has 0 N–H and O–H groups in total. The molecule has 0 amide bonds. The van der Waals surface area contributed by atoms with Crippen molar-refractivity contribution in [3.05, 3.63) is 35.4 Å². The molecule has 0 heterocycles. The zero-order valence-corrected chi connectivity index (χ0v) is 7.28. The topological polar surface area (TPSA) is 38.7 Å². The highest BCUT2D eigenvalue weighted by atomic mass is 16.6. The number of rotatable bonds is 1. The molecule has 0 saturated carbocycles. The van der Waals surface area contributed by atoms with E-state index < -0.39 is 0 Å². The molecule has 0 unspecified atom stereocenters. The molecular formula is C10H9NO2. The summed E-state index contributed by atoms with van der Waals surface area (Å²) in [5.41, 5.74) is 2.37. The van der Waals surface area contributed by atoms with Gasteiger partial charge in [0.25, 0.3) is 0 Å². The predicted octanol–water partition coefficient (Wildman–Crippen LogP) is 1.62. The second-order valence-electron chi connectivity index (χ2n) is 2.87. The summed E-state index contributed by atoms with van der Waals surface area (Å²) in [6.45, 7) is 0. The van der Waals surface area contributed by atoms with E-state index in [9.17, 15) is 4.79 Å². The lowest BCUT2D eigenvalue weighted by molar-refractivity contribution is 0.100. The van der Waals surface area contributed by atoms with Crippen molar-refractivity contribution in [1.82, 2.24) is 0 Å². The van der Waals surface area contributed by atoms with Gasteiger partial charge >= 0.3 is 0 Å². The van der Waals surface area contributed by atoms with Crippen molar-refractivity contribution < 1.29 is 9.63 Å². The quantitative estimate of drug-likeness (QED) is 0.608. The number of ketones is 1. The average Bonchev–Trinajstić information content (AvgIpc) is 2.46. The number of nitrogens with zero attached hydrogens (tertiary/aromatic N) is 1. The zero-order valence-electron chi connectivity index (χ0n) is 7.28. The second kappa shape index (κ2) is 3.01. The number of benzene rings is 1. The zero-order chi connectivity index (χ0) is 9.26. The first-order valence-corrected chi connectivity index (χ1v) is 4.05. The summed E-state index contributed by atoms with van der Waals surface area (Å²) in [6.07, 6.45) is 0.354. The van der Waals surface area contributed by atoms with Crippen LogP contribution >= 0.6 is 0 Å². The Hall–Kier alpha value is -1.64. The first-order chi connectivity index (χ1) is 6.33. The van der Waals surface area contributed by atoms with E-state index in [0.29, 0.717) is 6.42 Å². The minimum atomic E-state index is 0.117. The largest absolute Gasteiger partial charge is 0.399 e. The van der Waals surface area contributed by atoms with Gasteiger partial charge in [-0.05, 0) is 0 Å². The highest BCUT2D eigenvalue weighted by Gasteiger charge is 2.25. The molecule has 3 heteroatoms. The minimum absolute atomic E-state index is 0.117. The number of fused-ring (bicyclic) bond motifs is 1. The fourth-order valence-electron chi connectivity index (χ4n) is 1.51. The van der Waals surface area contributed by atoms with E-state index in [0.717, 1.165) is 16.8 Å². The maximum Gasteiger partial charge on any atom is 0.169 e. The van der Waals surface area contributed by atoms with Crippen LogP contribution in [-0.2, 0) is 4.84 Å². The molecule has 1 aromatic carbocycles. The highest BCUT2D eigenvalue weighted by Crippen LogP contribution is 2.21. The Morgan fingerprint density at radius 2 is 2.00 bits per heavy atom. The summed E-state index contributed by atoms with van der Waals surface area (Å²) in [5, 5.41) is 3.81. The normalized spacial score (nSPS) is 17.6. The van der Waals surface area contributed by atoms with Gasteiger partial charge in [0.1, 0.15) is 7.11 Å². The lowest BCUT2D eigenvalue weighted by Crippen LogP contribution is -1.95. The SMILES string of the molecule is CO/N=C1/CC(=O)c2ccccc21. The molecule has 0 bridgehead atoms. The molecule has 0 aromatic heterocycles. The maximum atomic E-state index is 11.4. The Labute approximate surface area is 76.0 Å². The first-order valence-electron chi connectivity index (χ1n) is 4.05. The van der Waals surface area contributed by atoms with Crippen LogP contribution < -0.4 is 0 Å². The maximum absolute atomic E-state index is 11.4. The molecule has 0 spiro atoms. The first kappa shape index (κ1) is 7.98. The third-order valence-electron chi connectivity index (χ3n) is 2.07. The molecule has 1 aromatic rings. The third-order valence-corrected chi connectivity index (χ3v) is 2.07. The average molecular weight is 175 g/mol. The number of Topliss-reactive ketones (excluding diaryl/α,β-unsaturated/α-hetero) is 1. The van der Waals surface area contributed by atoms with Gasteiger partial charge in [0.15, 0.2) is 5.78 Å². The van der Waals surface area contributed by atoms with Crippen LogP contribution in [0.15, 0.2) is 29.4 Å². The number of carbonyl (C=O) groups excluding carboxylic acids is 1. The van der Waals surface area contributed by atoms with Crippen LogP contribution in [0.1, 0.15) is 22.3 Å². The second-order valence-corrected chi connectivity index (χ2v) is 2.87. The summed E-state index contributed by atoms with van der Waals surface area (Å²) in [4.78, 5) is 16.1. The molecular weight excluding hydrogens is 166 g/mol. The van der Waals surface area contributed by atoms with Gasteiger partial charge in [-0.1, -0.05) is 29.4 Å². The molecule has 0 fully saturated rings. The van der Waals surface area contributed by atoms with Crippen LogP contribution in [-0.4, -0.2) is 18.6 Å². The Morgan fingerprint density at radius 3 is 2.69 bits per heavy atom. The predicted molar refractivity (Wildman–Crippen MR) is 48.9 cm³/mol. The summed E-state index contributed by atoms with van der Waals surface area (Å²) < 4.78 is 0. The Kier molecular flexibility index (Phi) is 1.85. The number of hydrogen-bond donors (Lipinski definition) is 0. The molecule has 13 heavy (non-hydrogen) atoms. The van der Waals surface area contributed by atoms with Crippen molar-refractivity contribution in [3.8, 4) is 0 Å². The van der Waals surface area contributed by atoms with E-state index in [4.69, 9.17) is 0 Å². The van der Waals surface area contributed by atoms with Crippen molar-refractivity contribution in [3.63, 3.8) is 0 Å². The molecule has 0 aliphatic heterocycles. The molecule has 1 aliphatic carbocycles. The Balaban J connectivity index is 2.53. The van der Waals surface area contributed by atoms with Gasteiger partial charge in [-0.3, -0.25) is 4.79 Å². The van der Waals surface area contributed by atoms with Crippen LogP contribution in [0.5, 0.6) is 0 Å². The Morgan fingerprint density at radius 1 is 1.31 bits per heavy atom. The molecule has 0 saturated heterocycles. The van der Waals surface area contributed by atoms with E-state index in [2.05, 4.69) is 9.99 Å². The van der Waals surface area contributed by atoms with Crippen molar-refractivity contribution in [2.75, 3.05) is 7.11 Å². The molecule has 2 rings (SSSR count). The van der Waals surface area contributed by atoms with Crippen molar-refractivity contribution in [2.24, 2.45) is 5.16 Å². The van der Waals surface area contributed by atoms with Gasteiger partial charge in [-0.25, -0.2) is 0 Å². The van der Waals surface area contributed by atoms with E-state index in [1.165, 1.54) is 7.11 Å². The Bertz CT molecular complexity index is 382. The number of carbonyl (C=O) groups is 1. The monoisotopic (exact) mass is 175 g/mol. The van der Waals surface area contributed by atoms with Crippen molar-refractivity contribution in [1.29, 1.82) is 0 Å². The molecule has 1 aliphatic rings. The fourth-order valence-corrected chi connectivity index (χ4v) is 1.51. The lowest BCUT2D eigenvalue weighted by Gasteiger charge is -1.95. The lowest BCUT2D eigenvalue weighted by atomic mass is 10.1. The van der Waals surface area contributed by atoms with Gasteiger partial charge in [0, 0.05) is 11.1 Å². The van der Waals surface area contributed by atoms with Gasteiger partial charge in [-0.15, -0.1) is 0 Å². The van der Waals surface area contributed by atoms with E-state index in [1.807, 2.05) is 24.3 Å². The number of hydrogen-bond acceptors (Lipinski definition) is 3. The van der Waals surface area contributed by atoms with Crippen LogP contribution in [0.3, 0.4) is 0 Å². The van der Waals surface area contributed by atoms with E-state index in [-0.39, 0.29) is 5.78 Å². The minimum Gasteiger partial charge on any atom is -0.399 e. The molecule has 0 radical (unpaired) electrons. The van der Waals surface area contributed by atoms with Gasteiger partial charge in [0.2, 0.25) is 0 Å². The van der Waals surface area contributed by atoms with Crippen LogP contribution in [0, 0.1) is 0 Å². The van der Waals surface area contributed by atoms with Crippen LogP contribution in [0.2, 0.25) is 0 Å².